The average Bonchev–Trinajstić information content (AvgIpc) is 3.37. The zero-order chi connectivity index (χ0) is 26.7. The Balaban J connectivity index is 1.50. The van der Waals surface area contributed by atoms with Gasteiger partial charge in [0.2, 0.25) is 11.8 Å². The first kappa shape index (κ1) is 26.7. The van der Waals surface area contributed by atoms with E-state index < -0.39 is 0 Å². The van der Waals surface area contributed by atoms with Crippen LogP contribution >= 0.6 is 0 Å². The van der Waals surface area contributed by atoms with Crippen LogP contribution < -0.4 is 4.74 Å². The van der Waals surface area contributed by atoms with Crippen LogP contribution in [-0.4, -0.2) is 53.3 Å². The maximum Gasteiger partial charge on any atom is 0.247 e. The Hall–Kier alpha value is -4.32. The van der Waals surface area contributed by atoms with Gasteiger partial charge in [0.15, 0.2) is 0 Å². The molecule has 0 radical (unpaired) electrons. The summed E-state index contributed by atoms with van der Waals surface area (Å²) >= 11 is 0. The summed E-state index contributed by atoms with van der Waals surface area (Å²) in [5.74, 6) is 0.538. The van der Waals surface area contributed by atoms with Crippen molar-refractivity contribution in [3.05, 3.63) is 108 Å². The highest BCUT2D eigenvalue weighted by molar-refractivity contribution is 5.94. The van der Waals surface area contributed by atoms with E-state index in [-0.39, 0.29) is 18.4 Å². The van der Waals surface area contributed by atoms with E-state index in [9.17, 15) is 9.59 Å². The van der Waals surface area contributed by atoms with Crippen LogP contribution in [0, 0.1) is 0 Å². The molecular weight excluding hydrogens is 474 g/mol. The maximum absolute atomic E-state index is 13.6. The number of hydrogen-bond donors (Lipinski definition) is 1. The van der Waals surface area contributed by atoms with Crippen molar-refractivity contribution in [2.45, 2.75) is 26.3 Å². The molecule has 0 aliphatic rings. The summed E-state index contributed by atoms with van der Waals surface area (Å²) in [5.41, 5.74) is 4.21. The number of methoxy groups -OCH3 is 1. The van der Waals surface area contributed by atoms with E-state index in [1.165, 1.54) is 5.56 Å². The minimum atomic E-state index is -0.162. The Morgan fingerprint density at radius 1 is 0.895 bits per heavy atom. The van der Waals surface area contributed by atoms with Crippen LogP contribution in [-0.2, 0) is 22.6 Å². The highest BCUT2D eigenvalue weighted by Gasteiger charge is 2.20. The number of hydrogen-bond acceptors (Lipinski definition) is 3. The Morgan fingerprint density at radius 2 is 1.63 bits per heavy atom. The summed E-state index contributed by atoms with van der Waals surface area (Å²) in [6.45, 7) is 3.57. The number of nitrogens with one attached hydrogen (secondary N) is 1. The van der Waals surface area contributed by atoms with Crippen molar-refractivity contribution in [2.24, 2.45) is 0 Å². The minimum absolute atomic E-state index is 0.0375. The third kappa shape index (κ3) is 7.13. The number of nitrogens with zero attached hydrogens (tertiary/aromatic N) is 2. The van der Waals surface area contributed by atoms with Crippen molar-refractivity contribution in [1.29, 1.82) is 0 Å². The van der Waals surface area contributed by atoms with E-state index in [4.69, 9.17) is 4.74 Å². The molecule has 1 heterocycles. The molecule has 0 aliphatic carbocycles. The van der Waals surface area contributed by atoms with E-state index in [0.717, 1.165) is 34.2 Å². The number of aromatic amines is 1. The molecule has 6 nitrogen and oxygen atoms in total. The molecule has 6 heteroatoms. The predicted octanol–water partition coefficient (Wildman–Crippen LogP) is 5.70. The van der Waals surface area contributed by atoms with Gasteiger partial charge in [-0.15, -0.1) is 0 Å². The van der Waals surface area contributed by atoms with Crippen molar-refractivity contribution in [3.8, 4) is 5.75 Å². The van der Waals surface area contributed by atoms with Crippen LogP contribution in [0.1, 0.15) is 30.0 Å². The number of para-hydroxylation sites is 1. The Bertz CT molecular complexity index is 1360. The van der Waals surface area contributed by atoms with Gasteiger partial charge in [0.1, 0.15) is 12.3 Å². The standard InChI is InChI=1S/C32H35N3O3/c1-3-20-34(31(36)18-15-25-9-5-4-6-10-25)24-32(37)35(23-26-13-16-28(38-2)17-14-26)21-19-27-22-33-30-12-8-7-11-29(27)30/h4-18,22,33H,3,19-21,23-24H2,1-2H3. The van der Waals surface area contributed by atoms with Crippen molar-refractivity contribution < 1.29 is 14.3 Å². The highest BCUT2D eigenvalue weighted by atomic mass is 16.5. The van der Waals surface area contributed by atoms with Crippen LogP contribution in [0.15, 0.2) is 91.1 Å². The number of carbonyl (C=O) groups excluding carboxylic acids is 2. The first-order chi connectivity index (χ1) is 18.6. The molecule has 1 aromatic heterocycles. The van der Waals surface area contributed by atoms with Gasteiger partial charge in [0.25, 0.3) is 0 Å². The van der Waals surface area contributed by atoms with Gasteiger partial charge in [-0.05, 0) is 53.8 Å². The van der Waals surface area contributed by atoms with Gasteiger partial charge in [-0.2, -0.15) is 0 Å². The fourth-order valence-electron chi connectivity index (χ4n) is 4.47. The van der Waals surface area contributed by atoms with Crippen LogP contribution in [0.4, 0.5) is 0 Å². The molecule has 3 aromatic carbocycles. The largest absolute Gasteiger partial charge is 0.497 e. The second-order valence-corrected chi connectivity index (χ2v) is 9.28. The molecule has 0 spiro atoms. The third-order valence-electron chi connectivity index (χ3n) is 6.56. The van der Waals surface area contributed by atoms with Crippen LogP contribution in [0.2, 0.25) is 0 Å². The normalized spacial score (nSPS) is 11.1. The summed E-state index contributed by atoms with van der Waals surface area (Å²) < 4.78 is 5.29. The van der Waals surface area contributed by atoms with Gasteiger partial charge in [0, 0.05) is 42.8 Å². The monoisotopic (exact) mass is 509 g/mol. The molecule has 0 bridgehead atoms. The number of ether oxygens (including phenoxy) is 1. The van der Waals surface area contributed by atoms with Crippen molar-refractivity contribution >= 4 is 28.8 Å². The smallest absolute Gasteiger partial charge is 0.247 e. The van der Waals surface area contributed by atoms with Crippen LogP contribution in [0.25, 0.3) is 17.0 Å². The quantitative estimate of drug-likeness (QED) is 0.249. The fraction of sp³-hybridized carbons (Fsp3) is 0.250. The summed E-state index contributed by atoms with van der Waals surface area (Å²) in [6, 6.07) is 25.6. The molecule has 4 rings (SSSR count). The summed E-state index contributed by atoms with van der Waals surface area (Å²) in [4.78, 5) is 33.5. The van der Waals surface area contributed by atoms with Gasteiger partial charge in [0.05, 0.1) is 7.11 Å². The van der Waals surface area contributed by atoms with Crippen molar-refractivity contribution in [1.82, 2.24) is 14.8 Å². The van der Waals surface area contributed by atoms with Gasteiger partial charge in [-0.1, -0.05) is 67.6 Å². The lowest BCUT2D eigenvalue weighted by molar-refractivity contribution is -0.138. The molecule has 0 aliphatic heterocycles. The lowest BCUT2D eigenvalue weighted by Gasteiger charge is -2.27. The number of rotatable bonds is 12. The molecule has 0 unspecified atom stereocenters. The van der Waals surface area contributed by atoms with Crippen LogP contribution in [0.5, 0.6) is 5.75 Å². The minimum Gasteiger partial charge on any atom is -0.497 e. The van der Waals surface area contributed by atoms with E-state index in [1.54, 1.807) is 24.2 Å². The first-order valence-corrected chi connectivity index (χ1v) is 13.0. The maximum atomic E-state index is 13.6. The molecule has 196 valence electrons. The summed E-state index contributed by atoms with van der Waals surface area (Å²) in [5, 5.41) is 1.16. The number of aromatic nitrogens is 1. The third-order valence-corrected chi connectivity index (χ3v) is 6.56. The van der Waals surface area contributed by atoms with Crippen molar-refractivity contribution in [2.75, 3.05) is 26.7 Å². The highest BCUT2D eigenvalue weighted by Crippen LogP contribution is 2.19. The molecule has 38 heavy (non-hydrogen) atoms. The van der Waals surface area contributed by atoms with E-state index in [2.05, 4.69) is 17.1 Å². The molecule has 0 fully saturated rings. The van der Waals surface area contributed by atoms with Crippen molar-refractivity contribution in [3.63, 3.8) is 0 Å². The fourth-order valence-corrected chi connectivity index (χ4v) is 4.47. The molecule has 0 atom stereocenters. The number of amides is 2. The molecule has 1 N–H and O–H groups in total. The Morgan fingerprint density at radius 3 is 2.37 bits per heavy atom. The number of fused-ring (bicyclic) bond motifs is 1. The van der Waals surface area contributed by atoms with Gasteiger partial charge >= 0.3 is 0 Å². The number of carbonyl (C=O) groups is 2. The van der Waals surface area contributed by atoms with E-state index in [0.29, 0.717) is 26.1 Å². The molecule has 0 saturated heterocycles. The Labute approximate surface area is 224 Å². The zero-order valence-corrected chi connectivity index (χ0v) is 22.1. The van der Waals surface area contributed by atoms with E-state index >= 15 is 0 Å². The second kappa shape index (κ2) is 13.3. The predicted molar refractivity (Wildman–Crippen MR) is 153 cm³/mol. The lowest BCUT2D eigenvalue weighted by Crippen LogP contribution is -2.43. The first-order valence-electron chi connectivity index (χ1n) is 13.0. The average molecular weight is 510 g/mol. The number of benzene rings is 3. The Kier molecular flexibility index (Phi) is 9.35. The van der Waals surface area contributed by atoms with Crippen LogP contribution in [0.3, 0.4) is 0 Å². The molecule has 4 aromatic rings. The molecule has 0 saturated carbocycles. The van der Waals surface area contributed by atoms with Gasteiger partial charge < -0.3 is 19.5 Å². The topological polar surface area (TPSA) is 65.6 Å². The summed E-state index contributed by atoms with van der Waals surface area (Å²) in [7, 11) is 1.64. The zero-order valence-electron chi connectivity index (χ0n) is 22.1. The SMILES string of the molecule is CCCN(CC(=O)N(CCc1c[nH]c2ccccc12)Cc1ccc(OC)cc1)C(=O)C=Cc1ccccc1. The lowest BCUT2D eigenvalue weighted by atomic mass is 10.1. The number of H-pyrrole nitrogens is 1. The molecule has 2 amide bonds. The van der Waals surface area contributed by atoms with Gasteiger partial charge in [-0.3, -0.25) is 9.59 Å². The van der Waals surface area contributed by atoms with E-state index in [1.807, 2.05) is 84.8 Å². The van der Waals surface area contributed by atoms with Gasteiger partial charge in [-0.25, -0.2) is 0 Å². The summed E-state index contributed by atoms with van der Waals surface area (Å²) in [6.07, 6.45) is 6.84. The second-order valence-electron chi connectivity index (χ2n) is 9.28. The molecular formula is C32H35N3O3.